The first-order chi connectivity index (χ1) is 13.2. The van der Waals surface area contributed by atoms with Gasteiger partial charge in [0.1, 0.15) is 0 Å². The Morgan fingerprint density at radius 2 is 1.41 bits per heavy atom. The van der Waals surface area contributed by atoms with Crippen molar-refractivity contribution in [1.29, 1.82) is 0 Å². The van der Waals surface area contributed by atoms with Crippen LogP contribution in [0.25, 0.3) is 0 Å². The Hall–Kier alpha value is -2.86. The normalized spacial score (nSPS) is 21.3. The average Bonchev–Trinajstić information content (AvgIpc) is 3.02. The number of carbonyl (C=O) groups excluding carboxylic acids is 2. The molecule has 0 N–H and O–H groups in total. The van der Waals surface area contributed by atoms with Crippen molar-refractivity contribution in [3.05, 3.63) is 54.6 Å². The second-order valence-corrected chi connectivity index (χ2v) is 6.94. The molecule has 0 aromatic heterocycles. The number of carbonyl (C=O) groups is 2. The van der Waals surface area contributed by atoms with Crippen molar-refractivity contribution >= 4 is 28.9 Å². The predicted molar refractivity (Wildman–Crippen MR) is 103 cm³/mol. The Bertz CT molecular complexity index is 842. The largest absolute Gasteiger partial charge is 0.292 e. The third kappa shape index (κ3) is 3.80. The van der Waals surface area contributed by atoms with Gasteiger partial charge in [0.05, 0.1) is 29.5 Å². The van der Waals surface area contributed by atoms with Crippen LogP contribution in [0, 0.1) is 0 Å². The lowest BCUT2D eigenvalue weighted by atomic mass is 10.1. The van der Waals surface area contributed by atoms with Crippen molar-refractivity contribution in [3.63, 3.8) is 0 Å². The van der Waals surface area contributed by atoms with Crippen molar-refractivity contribution < 1.29 is 9.59 Å². The number of rotatable bonds is 4. The minimum atomic E-state index is -0.310. The Kier molecular flexibility index (Phi) is 5.07. The molecule has 4 rings (SSSR count). The average molecular weight is 362 g/mol. The van der Waals surface area contributed by atoms with Gasteiger partial charge in [0.15, 0.2) is 0 Å². The van der Waals surface area contributed by atoms with E-state index in [0.29, 0.717) is 11.4 Å². The quantitative estimate of drug-likeness (QED) is 0.604. The fraction of sp³-hybridized carbons (Fsp3) is 0.333. The molecule has 1 atom stereocenters. The molecule has 0 bridgehead atoms. The summed E-state index contributed by atoms with van der Waals surface area (Å²) >= 11 is 0. The molecule has 2 aliphatic heterocycles. The minimum absolute atomic E-state index is 0.111. The second kappa shape index (κ2) is 7.80. The first kappa shape index (κ1) is 17.5. The molecule has 6 heteroatoms. The van der Waals surface area contributed by atoms with Crippen molar-refractivity contribution in [1.82, 2.24) is 4.90 Å². The van der Waals surface area contributed by atoms with Crippen LogP contribution in [0.4, 0.5) is 17.1 Å². The molecule has 2 saturated heterocycles. The lowest BCUT2D eigenvalue weighted by Crippen LogP contribution is -2.44. The highest BCUT2D eigenvalue weighted by molar-refractivity contribution is 6.22. The maximum absolute atomic E-state index is 12.8. The van der Waals surface area contributed by atoms with E-state index in [1.54, 1.807) is 24.3 Å². The van der Waals surface area contributed by atoms with Gasteiger partial charge in [0, 0.05) is 0 Å². The summed E-state index contributed by atoms with van der Waals surface area (Å²) in [5.74, 6) is -0.241. The van der Waals surface area contributed by atoms with E-state index in [1.165, 1.54) is 11.3 Å². The molecule has 27 heavy (non-hydrogen) atoms. The van der Waals surface area contributed by atoms with Crippen LogP contribution >= 0.6 is 0 Å². The first-order valence-electron chi connectivity index (χ1n) is 9.40. The lowest BCUT2D eigenvalue weighted by Gasteiger charge is -2.30. The standard InChI is InChI=1S/C21H22N4O2/c26-20-15-19(24-13-5-2-6-14-24)21(27)25(20)18-11-9-17(10-12-18)23-22-16-7-3-1-4-8-16/h1,3-4,7-12,19H,2,5-6,13-15H2/t19-/m0/s1. The summed E-state index contributed by atoms with van der Waals surface area (Å²) in [5.41, 5.74) is 2.05. The zero-order valence-electron chi connectivity index (χ0n) is 15.1. The molecule has 2 amide bonds. The van der Waals surface area contributed by atoms with Crippen LogP contribution in [-0.2, 0) is 9.59 Å². The SMILES string of the molecule is O=C1C[C@H](N2CCCCC2)C(=O)N1c1ccc(N=Nc2ccccc2)cc1. The van der Waals surface area contributed by atoms with Gasteiger partial charge >= 0.3 is 0 Å². The molecule has 2 aromatic carbocycles. The Morgan fingerprint density at radius 3 is 2.07 bits per heavy atom. The number of imide groups is 1. The molecule has 0 radical (unpaired) electrons. The van der Waals surface area contributed by atoms with Crippen molar-refractivity contribution in [2.75, 3.05) is 18.0 Å². The molecule has 138 valence electrons. The molecular formula is C21H22N4O2. The van der Waals surface area contributed by atoms with Gasteiger partial charge in [-0.1, -0.05) is 24.6 Å². The van der Waals surface area contributed by atoms with E-state index in [2.05, 4.69) is 15.1 Å². The van der Waals surface area contributed by atoms with Crippen molar-refractivity contribution in [2.45, 2.75) is 31.7 Å². The van der Waals surface area contributed by atoms with Gasteiger partial charge in [-0.2, -0.15) is 10.2 Å². The van der Waals surface area contributed by atoms with E-state index < -0.39 is 0 Å². The number of likely N-dealkylation sites (tertiary alicyclic amines) is 1. The van der Waals surface area contributed by atoms with Crippen LogP contribution in [0.2, 0.25) is 0 Å². The number of anilines is 1. The lowest BCUT2D eigenvalue weighted by molar-refractivity contribution is -0.123. The number of piperidine rings is 1. The summed E-state index contributed by atoms with van der Waals surface area (Å²) in [6.45, 7) is 1.80. The number of hydrogen-bond donors (Lipinski definition) is 0. The Balaban J connectivity index is 1.47. The number of benzene rings is 2. The highest BCUT2D eigenvalue weighted by Gasteiger charge is 2.42. The molecule has 2 aliphatic rings. The summed E-state index contributed by atoms with van der Waals surface area (Å²) in [4.78, 5) is 28.8. The van der Waals surface area contributed by atoms with Crippen LogP contribution in [0.3, 0.4) is 0 Å². The summed E-state index contributed by atoms with van der Waals surface area (Å²) in [6, 6.07) is 16.2. The van der Waals surface area contributed by atoms with Crippen molar-refractivity contribution in [2.24, 2.45) is 10.2 Å². The van der Waals surface area contributed by atoms with Crippen LogP contribution in [0.5, 0.6) is 0 Å². The van der Waals surface area contributed by atoms with E-state index in [-0.39, 0.29) is 24.3 Å². The molecular weight excluding hydrogens is 340 g/mol. The summed E-state index contributed by atoms with van der Waals surface area (Å²) in [7, 11) is 0. The summed E-state index contributed by atoms with van der Waals surface area (Å²) < 4.78 is 0. The molecule has 0 aliphatic carbocycles. The fourth-order valence-corrected chi connectivity index (χ4v) is 3.68. The van der Waals surface area contributed by atoms with Crippen LogP contribution in [-0.4, -0.2) is 35.8 Å². The van der Waals surface area contributed by atoms with Gasteiger partial charge in [-0.15, -0.1) is 0 Å². The third-order valence-corrected chi connectivity index (χ3v) is 5.10. The van der Waals surface area contributed by atoms with Gasteiger partial charge in [0.25, 0.3) is 5.91 Å². The second-order valence-electron chi connectivity index (χ2n) is 6.94. The highest BCUT2D eigenvalue weighted by Crippen LogP contribution is 2.29. The van der Waals surface area contributed by atoms with Crippen LogP contribution in [0.15, 0.2) is 64.8 Å². The number of nitrogens with zero attached hydrogens (tertiary/aromatic N) is 4. The third-order valence-electron chi connectivity index (χ3n) is 5.10. The molecule has 6 nitrogen and oxygen atoms in total. The zero-order valence-corrected chi connectivity index (χ0v) is 15.1. The Morgan fingerprint density at radius 1 is 0.778 bits per heavy atom. The summed E-state index contributed by atoms with van der Waals surface area (Å²) in [6.07, 6.45) is 3.67. The van der Waals surface area contributed by atoms with Gasteiger partial charge in [-0.25, -0.2) is 4.90 Å². The van der Waals surface area contributed by atoms with Gasteiger partial charge < -0.3 is 0 Å². The van der Waals surface area contributed by atoms with Crippen LogP contribution in [0.1, 0.15) is 25.7 Å². The fourth-order valence-electron chi connectivity index (χ4n) is 3.68. The smallest absolute Gasteiger partial charge is 0.251 e. The number of hydrogen-bond acceptors (Lipinski definition) is 5. The highest BCUT2D eigenvalue weighted by atomic mass is 16.2. The van der Waals surface area contributed by atoms with Gasteiger partial charge in [0.2, 0.25) is 5.91 Å². The molecule has 0 unspecified atom stereocenters. The predicted octanol–water partition coefficient (Wildman–Crippen LogP) is 4.22. The van der Waals surface area contributed by atoms with Crippen molar-refractivity contribution in [3.8, 4) is 0 Å². The van der Waals surface area contributed by atoms with Gasteiger partial charge in [-0.3, -0.25) is 14.5 Å². The maximum atomic E-state index is 12.8. The zero-order chi connectivity index (χ0) is 18.6. The Labute approximate surface area is 158 Å². The number of amides is 2. The molecule has 2 aromatic rings. The molecule has 0 saturated carbocycles. The molecule has 2 heterocycles. The van der Waals surface area contributed by atoms with Crippen LogP contribution < -0.4 is 4.90 Å². The minimum Gasteiger partial charge on any atom is -0.292 e. The maximum Gasteiger partial charge on any atom is 0.251 e. The van der Waals surface area contributed by atoms with E-state index in [0.717, 1.165) is 31.6 Å². The topological polar surface area (TPSA) is 65.3 Å². The van der Waals surface area contributed by atoms with E-state index >= 15 is 0 Å². The number of azo groups is 1. The first-order valence-corrected chi connectivity index (χ1v) is 9.40. The molecule has 0 spiro atoms. The van der Waals surface area contributed by atoms with Gasteiger partial charge in [-0.05, 0) is 62.3 Å². The summed E-state index contributed by atoms with van der Waals surface area (Å²) in [5, 5.41) is 8.38. The van der Waals surface area contributed by atoms with E-state index in [1.807, 2.05) is 30.3 Å². The van der Waals surface area contributed by atoms with E-state index in [4.69, 9.17) is 0 Å². The monoisotopic (exact) mass is 362 g/mol. The molecule has 2 fully saturated rings. The van der Waals surface area contributed by atoms with E-state index in [9.17, 15) is 9.59 Å².